The highest BCUT2D eigenvalue weighted by Gasteiger charge is 2.17. The Kier molecular flexibility index (Phi) is 4.90. The number of carbonyl (C=O) groups is 2. The highest BCUT2D eigenvalue weighted by molar-refractivity contribution is 7.16. The van der Waals surface area contributed by atoms with Crippen LogP contribution in [0.2, 0.25) is 0 Å². The summed E-state index contributed by atoms with van der Waals surface area (Å²) in [7, 11) is 0. The van der Waals surface area contributed by atoms with Crippen molar-refractivity contribution in [2.45, 2.75) is 13.3 Å². The third kappa shape index (κ3) is 4.10. The standard InChI is InChI=1S/C19H16N2O3S/c1-12-7-9-13(10-8-12)17-15(11-16(22)23)25-19(20-17)21-18(24)14-5-3-2-4-6-14/h2-10H,11H2,1H3,(H,22,23)(H,20,21,24). The maximum atomic E-state index is 12.3. The lowest BCUT2D eigenvalue weighted by Crippen LogP contribution is -2.11. The Morgan fingerprint density at radius 2 is 1.76 bits per heavy atom. The lowest BCUT2D eigenvalue weighted by Gasteiger charge is -2.01. The van der Waals surface area contributed by atoms with Crippen molar-refractivity contribution >= 4 is 28.3 Å². The van der Waals surface area contributed by atoms with E-state index in [2.05, 4.69) is 10.3 Å². The zero-order chi connectivity index (χ0) is 17.8. The Hall–Kier alpha value is -2.99. The van der Waals surface area contributed by atoms with Crippen LogP contribution in [-0.4, -0.2) is 22.0 Å². The fourth-order valence-corrected chi connectivity index (χ4v) is 3.33. The number of carboxylic acid groups (broad SMARTS) is 1. The number of amides is 1. The van der Waals surface area contributed by atoms with Crippen LogP contribution in [0.25, 0.3) is 11.3 Å². The molecule has 2 aromatic carbocycles. The van der Waals surface area contributed by atoms with Crippen molar-refractivity contribution in [1.29, 1.82) is 0 Å². The SMILES string of the molecule is Cc1ccc(-c2nc(NC(=O)c3ccccc3)sc2CC(=O)O)cc1. The van der Waals surface area contributed by atoms with Gasteiger partial charge in [-0.2, -0.15) is 0 Å². The van der Waals surface area contributed by atoms with Gasteiger partial charge < -0.3 is 5.11 Å². The molecule has 0 aliphatic rings. The molecule has 0 saturated heterocycles. The van der Waals surface area contributed by atoms with E-state index in [-0.39, 0.29) is 12.3 Å². The van der Waals surface area contributed by atoms with E-state index >= 15 is 0 Å². The molecule has 3 rings (SSSR count). The number of rotatable bonds is 5. The molecule has 0 radical (unpaired) electrons. The summed E-state index contributed by atoms with van der Waals surface area (Å²) in [6.45, 7) is 1.98. The summed E-state index contributed by atoms with van der Waals surface area (Å²) in [5, 5.41) is 12.3. The molecule has 0 bridgehead atoms. The number of aromatic nitrogens is 1. The minimum absolute atomic E-state index is 0.137. The molecule has 1 heterocycles. The third-order valence-electron chi connectivity index (χ3n) is 3.59. The first-order valence-corrected chi connectivity index (χ1v) is 8.49. The molecular weight excluding hydrogens is 336 g/mol. The first kappa shape index (κ1) is 16.9. The number of nitrogens with one attached hydrogen (secondary N) is 1. The molecule has 25 heavy (non-hydrogen) atoms. The van der Waals surface area contributed by atoms with E-state index in [4.69, 9.17) is 5.11 Å². The topological polar surface area (TPSA) is 79.3 Å². The van der Waals surface area contributed by atoms with Crippen LogP contribution in [0, 0.1) is 6.92 Å². The lowest BCUT2D eigenvalue weighted by atomic mass is 10.1. The normalized spacial score (nSPS) is 10.4. The van der Waals surface area contributed by atoms with Gasteiger partial charge >= 0.3 is 5.97 Å². The van der Waals surface area contributed by atoms with Crippen molar-refractivity contribution in [2.75, 3.05) is 5.32 Å². The predicted octanol–water partition coefficient (Wildman–Crippen LogP) is 4.00. The number of thiazole rings is 1. The fraction of sp³-hybridized carbons (Fsp3) is 0.105. The summed E-state index contributed by atoms with van der Waals surface area (Å²) >= 11 is 1.19. The number of anilines is 1. The lowest BCUT2D eigenvalue weighted by molar-refractivity contribution is -0.136. The first-order valence-electron chi connectivity index (χ1n) is 7.68. The highest BCUT2D eigenvalue weighted by atomic mass is 32.1. The second kappa shape index (κ2) is 7.27. The summed E-state index contributed by atoms with van der Waals surface area (Å²) in [5.41, 5.74) is 3.06. The van der Waals surface area contributed by atoms with Crippen molar-refractivity contribution in [3.63, 3.8) is 0 Å². The third-order valence-corrected chi connectivity index (χ3v) is 4.56. The molecule has 0 fully saturated rings. The molecule has 0 aliphatic carbocycles. The fourth-order valence-electron chi connectivity index (χ4n) is 2.36. The number of hydrogen-bond donors (Lipinski definition) is 2. The van der Waals surface area contributed by atoms with Gasteiger partial charge in [-0.3, -0.25) is 14.9 Å². The Labute approximate surface area is 149 Å². The van der Waals surface area contributed by atoms with E-state index in [1.54, 1.807) is 24.3 Å². The summed E-state index contributed by atoms with van der Waals surface area (Å²) in [4.78, 5) is 28.5. The van der Waals surface area contributed by atoms with E-state index in [0.717, 1.165) is 11.1 Å². The summed E-state index contributed by atoms with van der Waals surface area (Å²) in [6.07, 6.45) is -0.137. The molecule has 0 saturated carbocycles. The summed E-state index contributed by atoms with van der Waals surface area (Å²) < 4.78 is 0. The van der Waals surface area contributed by atoms with Crippen LogP contribution < -0.4 is 5.32 Å². The van der Waals surface area contributed by atoms with Gasteiger partial charge in [-0.15, -0.1) is 11.3 Å². The van der Waals surface area contributed by atoms with Crippen LogP contribution in [0.15, 0.2) is 54.6 Å². The van der Waals surface area contributed by atoms with Gasteiger partial charge in [-0.05, 0) is 19.1 Å². The van der Waals surface area contributed by atoms with Gasteiger partial charge in [0.05, 0.1) is 12.1 Å². The molecule has 1 amide bonds. The van der Waals surface area contributed by atoms with Gasteiger partial charge in [-0.1, -0.05) is 48.0 Å². The predicted molar refractivity (Wildman–Crippen MR) is 98.0 cm³/mol. The van der Waals surface area contributed by atoms with E-state index in [1.807, 2.05) is 37.3 Å². The van der Waals surface area contributed by atoms with Crippen LogP contribution in [0.1, 0.15) is 20.8 Å². The Morgan fingerprint density at radius 3 is 2.40 bits per heavy atom. The number of carbonyl (C=O) groups excluding carboxylic acids is 1. The molecule has 5 nitrogen and oxygen atoms in total. The van der Waals surface area contributed by atoms with Crippen LogP contribution in [0.3, 0.4) is 0 Å². The molecule has 0 spiro atoms. The summed E-state index contributed by atoms with van der Waals surface area (Å²) in [6, 6.07) is 16.5. The molecule has 6 heteroatoms. The van der Waals surface area contributed by atoms with Crippen molar-refractivity contribution < 1.29 is 14.7 Å². The molecular formula is C19H16N2O3S. The van der Waals surface area contributed by atoms with E-state index in [9.17, 15) is 9.59 Å². The second-order valence-corrected chi connectivity index (χ2v) is 6.63. The van der Waals surface area contributed by atoms with E-state index in [1.165, 1.54) is 11.3 Å². The molecule has 1 aromatic heterocycles. The smallest absolute Gasteiger partial charge is 0.308 e. The molecule has 0 unspecified atom stereocenters. The maximum Gasteiger partial charge on any atom is 0.308 e. The monoisotopic (exact) mass is 352 g/mol. The first-order chi connectivity index (χ1) is 12.0. The van der Waals surface area contributed by atoms with Crippen molar-refractivity contribution in [1.82, 2.24) is 4.98 Å². The zero-order valence-electron chi connectivity index (χ0n) is 13.5. The van der Waals surface area contributed by atoms with E-state index < -0.39 is 5.97 Å². The minimum atomic E-state index is -0.932. The van der Waals surface area contributed by atoms with Crippen molar-refractivity contribution in [2.24, 2.45) is 0 Å². The number of carboxylic acids is 1. The largest absolute Gasteiger partial charge is 0.481 e. The quantitative estimate of drug-likeness (QED) is 0.727. The van der Waals surface area contributed by atoms with Gasteiger partial charge in [-0.25, -0.2) is 4.98 Å². The average Bonchev–Trinajstić information content (AvgIpc) is 2.98. The Balaban J connectivity index is 1.91. The maximum absolute atomic E-state index is 12.3. The number of aryl methyl sites for hydroxylation is 1. The molecule has 3 aromatic rings. The average molecular weight is 352 g/mol. The van der Waals surface area contributed by atoms with Gasteiger partial charge in [0.2, 0.25) is 0 Å². The van der Waals surface area contributed by atoms with Gasteiger partial charge in [0.15, 0.2) is 5.13 Å². The van der Waals surface area contributed by atoms with Gasteiger partial charge in [0, 0.05) is 16.0 Å². The minimum Gasteiger partial charge on any atom is -0.481 e. The second-order valence-electron chi connectivity index (χ2n) is 5.55. The molecule has 126 valence electrons. The number of benzene rings is 2. The molecule has 2 N–H and O–H groups in total. The highest BCUT2D eigenvalue weighted by Crippen LogP contribution is 2.32. The zero-order valence-corrected chi connectivity index (χ0v) is 14.3. The molecule has 0 atom stereocenters. The van der Waals surface area contributed by atoms with Crippen LogP contribution in [-0.2, 0) is 11.2 Å². The van der Waals surface area contributed by atoms with Crippen LogP contribution in [0.4, 0.5) is 5.13 Å². The molecule has 0 aliphatic heterocycles. The number of hydrogen-bond acceptors (Lipinski definition) is 4. The number of nitrogens with zero attached hydrogens (tertiary/aromatic N) is 1. The van der Waals surface area contributed by atoms with Gasteiger partial charge in [0.25, 0.3) is 5.91 Å². The Morgan fingerprint density at radius 1 is 1.08 bits per heavy atom. The Bertz CT molecular complexity index is 902. The van der Waals surface area contributed by atoms with Crippen molar-refractivity contribution in [3.8, 4) is 11.3 Å². The van der Waals surface area contributed by atoms with Gasteiger partial charge in [0.1, 0.15) is 0 Å². The van der Waals surface area contributed by atoms with Crippen LogP contribution >= 0.6 is 11.3 Å². The van der Waals surface area contributed by atoms with Crippen molar-refractivity contribution in [3.05, 3.63) is 70.6 Å². The van der Waals surface area contributed by atoms with Crippen LogP contribution in [0.5, 0.6) is 0 Å². The number of aliphatic carboxylic acids is 1. The van der Waals surface area contributed by atoms with E-state index in [0.29, 0.717) is 21.3 Å². The summed E-state index contributed by atoms with van der Waals surface area (Å²) in [5.74, 6) is -1.20.